The van der Waals surface area contributed by atoms with E-state index < -0.39 is 0 Å². The Bertz CT molecular complexity index is 662. The van der Waals surface area contributed by atoms with E-state index in [0.29, 0.717) is 16.6 Å². The fourth-order valence-electron chi connectivity index (χ4n) is 1.78. The standard InChI is InChI=1S/C15H14BrNO3/c1-2-20-12-7-5-11(6-8-12)14(18)10-17-9-3-4-13(16)15(17)19/h3-9H,2,10H2,1H3. The second kappa shape index (κ2) is 6.52. The fraction of sp³-hybridized carbons (Fsp3) is 0.200. The Labute approximate surface area is 125 Å². The van der Waals surface area contributed by atoms with Crippen molar-refractivity contribution in [1.82, 2.24) is 4.57 Å². The molecule has 0 saturated carbocycles. The van der Waals surface area contributed by atoms with Gasteiger partial charge in [0.05, 0.1) is 17.6 Å². The number of ether oxygens (including phenoxy) is 1. The lowest BCUT2D eigenvalue weighted by molar-refractivity contribution is 0.0970. The van der Waals surface area contributed by atoms with Crippen LogP contribution in [0.3, 0.4) is 0 Å². The predicted molar refractivity (Wildman–Crippen MR) is 80.3 cm³/mol. The Balaban J connectivity index is 2.15. The van der Waals surface area contributed by atoms with Crippen molar-refractivity contribution in [2.75, 3.05) is 6.61 Å². The quantitative estimate of drug-likeness (QED) is 0.789. The summed E-state index contributed by atoms with van der Waals surface area (Å²) in [6.07, 6.45) is 1.60. The zero-order valence-corrected chi connectivity index (χ0v) is 12.6. The molecule has 0 amide bonds. The van der Waals surface area contributed by atoms with Crippen molar-refractivity contribution >= 4 is 21.7 Å². The van der Waals surface area contributed by atoms with Crippen molar-refractivity contribution in [2.45, 2.75) is 13.5 Å². The molecule has 1 aromatic heterocycles. The molecule has 4 nitrogen and oxygen atoms in total. The maximum absolute atomic E-state index is 12.1. The molecule has 0 aliphatic heterocycles. The minimum atomic E-state index is -0.216. The van der Waals surface area contributed by atoms with Gasteiger partial charge in [-0.25, -0.2) is 0 Å². The molecule has 0 fully saturated rings. The summed E-state index contributed by atoms with van der Waals surface area (Å²) in [5, 5.41) is 0. The number of hydrogen-bond acceptors (Lipinski definition) is 3. The van der Waals surface area contributed by atoms with E-state index in [1.54, 1.807) is 42.6 Å². The highest BCUT2D eigenvalue weighted by molar-refractivity contribution is 9.10. The number of pyridine rings is 1. The largest absolute Gasteiger partial charge is 0.494 e. The molecule has 2 aromatic rings. The molecule has 2 rings (SSSR count). The van der Waals surface area contributed by atoms with Gasteiger partial charge in [-0.1, -0.05) is 0 Å². The lowest BCUT2D eigenvalue weighted by Crippen LogP contribution is -2.23. The van der Waals surface area contributed by atoms with Crippen molar-refractivity contribution in [3.05, 3.63) is 63.0 Å². The summed E-state index contributed by atoms with van der Waals surface area (Å²) >= 11 is 3.16. The van der Waals surface area contributed by atoms with Crippen LogP contribution in [0.2, 0.25) is 0 Å². The minimum Gasteiger partial charge on any atom is -0.494 e. The molecular formula is C15H14BrNO3. The van der Waals surface area contributed by atoms with Crippen LogP contribution in [0.25, 0.3) is 0 Å². The van der Waals surface area contributed by atoms with Gasteiger partial charge in [-0.3, -0.25) is 9.59 Å². The maximum Gasteiger partial charge on any atom is 0.265 e. The number of benzene rings is 1. The first kappa shape index (κ1) is 14.5. The van der Waals surface area contributed by atoms with Crippen molar-refractivity contribution in [3.63, 3.8) is 0 Å². The van der Waals surface area contributed by atoms with Gasteiger partial charge in [-0.15, -0.1) is 0 Å². The number of aromatic nitrogens is 1. The van der Waals surface area contributed by atoms with Crippen LogP contribution in [-0.2, 0) is 6.54 Å². The lowest BCUT2D eigenvalue weighted by atomic mass is 10.1. The van der Waals surface area contributed by atoms with E-state index in [2.05, 4.69) is 15.9 Å². The molecule has 0 aliphatic rings. The molecule has 0 atom stereocenters. The van der Waals surface area contributed by atoms with E-state index in [1.165, 1.54) is 4.57 Å². The summed E-state index contributed by atoms with van der Waals surface area (Å²) in [5.74, 6) is 0.608. The summed E-state index contributed by atoms with van der Waals surface area (Å²) in [5.41, 5.74) is 0.340. The molecule has 20 heavy (non-hydrogen) atoms. The monoisotopic (exact) mass is 335 g/mol. The number of rotatable bonds is 5. The molecule has 0 radical (unpaired) electrons. The number of Topliss-reactive ketones (excluding diaryl/α,β-unsaturated/α-hetero) is 1. The number of ketones is 1. The Morgan fingerprint density at radius 2 is 1.95 bits per heavy atom. The molecule has 0 unspecified atom stereocenters. The molecule has 0 spiro atoms. The maximum atomic E-state index is 12.1. The van der Waals surface area contributed by atoms with Crippen LogP contribution >= 0.6 is 15.9 Å². The van der Waals surface area contributed by atoms with Crippen LogP contribution < -0.4 is 10.3 Å². The van der Waals surface area contributed by atoms with Gasteiger partial charge in [-0.2, -0.15) is 0 Å². The van der Waals surface area contributed by atoms with Crippen molar-refractivity contribution in [1.29, 1.82) is 0 Å². The van der Waals surface area contributed by atoms with Crippen LogP contribution in [-0.4, -0.2) is 17.0 Å². The first-order chi connectivity index (χ1) is 9.61. The summed E-state index contributed by atoms with van der Waals surface area (Å²) in [4.78, 5) is 23.9. The third kappa shape index (κ3) is 3.36. The summed E-state index contributed by atoms with van der Waals surface area (Å²) in [6, 6.07) is 10.3. The summed E-state index contributed by atoms with van der Waals surface area (Å²) in [6.45, 7) is 2.51. The smallest absolute Gasteiger partial charge is 0.265 e. The van der Waals surface area contributed by atoms with E-state index >= 15 is 0 Å². The average Bonchev–Trinajstić information content (AvgIpc) is 2.45. The molecule has 1 heterocycles. The van der Waals surface area contributed by atoms with Gasteiger partial charge in [0.1, 0.15) is 5.75 Å². The third-order valence-corrected chi connectivity index (χ3v) is 3.38. The number of carbonyl (C=O) groups excluding carboxylic acids is 1. The van der Waals surface area contributed by atoms with E-state index in [-0.39, 0.29) is 17.9 Å². The van der Waals surface area contributed by atoms with Crippen LogP contribution in [0.15, 0.2) is 51.9 Å². The summed E-state index contributed by atoms with van der Waals surface area (Å²) < 4.78 is 7.14. The number of hydrogen-bond donors (Lipinski definition) is 0. The number of carbonyl (C=O) groups is 1. The summed E-state index contributed by atoms with van der Waals surface area (Å²) in [7, 11) is 0. The third-order valence-electron chi connectivity index (χ3n) is 2.77. The highest BCUT2D eigenvalue weighted by atomic mass is 79.9. The van der Waals surface area contributed by atoms with E-state index in [1.807, 2.05) is 6.92 Å². The normalized spacial score (nSPS) is 10.3. The Hall–Kier alpha value is -1.88. The van der Waals surface area contributed by atoms with Gasteiger partial charge in [0.2, 0.25) is 0 Å². The van der Waals surface area contributed by atoms with Crippen molar-refractivity contribution < 1.29 is 9.53 Å². The molecule has 0 N–H and O–H groups in total. The highest BCUT2D eigenvalue weighted by Crippen LogP contribution is 2.13. The minimum absolute atomic E-state index is 0.0201. The second-order valence-corrected chi connectivity index (χ2v) is 5.02. The van der Waals surface area contributed by atoms with E-state index in [4.69, 9.17) is 4.74 Å². The number of nitrogens with zero attached hydrogens (tertiary/aromatic N) is 1. The SMILES string of the molecule is CCOc1ccc(C(=O)Cn2cccc(Br)c2=O)cc1. The zero-order chi connectivity index (χ0) is 14.5. The number of halogens is 1. The van der Waals surface area contributed by atoms with E-state index in [0.717, 1.165) is 5.75 Å². The molecule has 0 bridgehead atoms. The van der Waals surface area contributed by atoms with Crippen LogP contribution in [0.1, 0.15) is 17.3 Å². The van der Waals surface area contributed by atoms with Crippen LogP contribution in [0.5, 0.6) is 5.75 Å². The molecule has 1 aromatic carbocycles. The fourth-order valence-corrected chi connectivity index (χ4v) is 2.16. The molecule has 0 saturated heterocycles. The van der Waals surface area contributed by atoms with Gasteiger partial charge in [0.15, 0.2) is 5.78 Å². The van der Waals surface area contributed by atoms with E-state index in [9.17, 15) is 9.59 Å². The molecule has 5 heteroatoms. The van der Waals surface area contributed by atoms with Gasteiger partial charge >= 0.3 is 0 Å². The second-order valence-electron chi connectivity index (χ2n) is 4.17. The lowest BCUT2D eigenvalue weighted by Gasteiger charge is -2.07. The molecule has 104 valence electrons. The predicted octanol–water partition coefficient (Wildman–Crippen LogP) is 2.89. The Kier molecular flexibility index (Phi) is 4.74. The van der Waals surface area contributed by atoms with Crippen LogP contribution in [0.4, 0.5) is 0 Å². The Morgan fingerprint density at radius 1 is 1.25 bits per heavy atom. The Morgan fingerprint density at radius 3 is 2.60 bits per heavy atom. The first-order valence-corrected chi connectivity index (χ1v) is 7.02. The molecule has 0 aliphatic carbocycles. The zero-order valence-electron chi connectivity index (χ0n) is 11.0. The average molecular weight is 336 g/mol. The highest BCUT2D eigenvalue weighted by Gasteiger charge is 2.09. The topological polar surface area (TPSA) is 48.3 Å². The van der Waals surface area contributed by atoms with Crippen molar-refractivity contribution in [3.8, 4) is 5.75 Å². The van der Waals surface area contributed by atoms with Gasteiger partial charge in [-0.05, 0) is 59.3 Å². The van der Waals surface area contributed by atoms with Crippen molar-refractivity contribution in [2.24, 2.45) is 0 Å². The first-order valence-electron chi connectivity index (χ1n) is 6.23. The van der Waals surface area contributed by atoms with Gasteiger partial charge < -0.3 is 9.30 Å². The van der Waals surface area contributed by atoms with Gasteiger partial charge in [0.25, 0.3) is 5.56 Å². The molecular weight excluding hydrogens is 322 g/mol. The van der Waals surface area contributed by atoms with Crippen LogP contribution in [0, 0.1) is 0 Å². The van der Waals surface area contributed by atoms with Gasteiger partial charge in [0, 0.05) is 11.8 Å².